The number of thiocarbonyl (C=S) groups is 1. The zero-order valence-corrected chi connectivity index (χ0v) is 6.29. The quantitative estimate of drug-likeness (QED) is 0.363. The molecule has 0 aliphatic rings. The third-order valence-electron chi connectivity index (χ3n) is 1.28. The molecule has 0 N–H and O–H groups in total. The molecule has 0 fully saturated rings. The molecule has 0 amide bonds. The zero-order chi connectivity index (χ0) is 6.78. The Morgan fingerprint density at radius 2 is 2.00 bits per heavy atom. The summed E-state index contributed by atoms with van der Waals surface area (Å²) in [5.74, 6) is 0. The molecule has 0 atom stereocenters. The molecule has 0 aromatic rings. The minimum absolute atomic E-state index is 0.201. The van der Waals surface area contributed by atoms with Gasteiger partial charge < -0.3 is 5.11 Å². The smallest absolute Gasteiger partial charge is 0.137 e. The van der Waals surface area contributed by atoms with Crippen LogP contribution in [0.25, 0.3) is 0 Å². The number of rotatable bonds is 1. The topological polar surface area (TPSA) is 23.1 Å². The van der Waals surface area contributed by atoms with Gasteiger partial charge in [-0.25, -0.2) is 0 Å². The van der Waals surface area contributed by atoms with Gasteiger partial charge in [-0.2, -0.15) is 0 Å². The van der Waals surface area contributed by atoms with Crippen molar-refractivity contribution < 1.29 is 9.59 Å². The molecule has 0 aromatic heterocycles. The van der Waals surface area contributed by atoms with Crippen molar-refractivity contribution in [2.45, 2.75) is 6.92 Å². The maximum Gasteiger partial charge on any atom is 0.137 e. The molecule has 8 heavy (non-hydrogen) atoms. The first-order valence-corrected chi connectivity index (χ1v) is 2.96. The second-order valence-electron chi connectivity index (χ2n) is 2.27. The highest BCUT2D eigenvalue weighted by molar-refractivity contribution is 7.79. The normalized spacial score (nSPS) is 11.4. The van der Waals surface area contributed by atoms with Crippen LogP contribution in [-0.4, -0.2) is 30.3 Å². The van der Waals surface area contributed by atoms with E-state index in [1.54, 1.807) is 14.1 Å². The van der Waals surface area contributed by atoms with E-state index >= 15 is 0 Å². The minimum atomic E-state index is -0.201. The lowest BCUT2D eigenvalue weighted by atomic mass is 10.6. The lowest BCUT2D eigenvalue weighted by molar-refractivity contribution is -0.823. The highest BCUT2D eigenvalue weighted by Crippen LogP contribution is 1.92. The van der Waals surface area contributed by atoms with Gasteiger partial charge in [-0.1, -0.05) is 0 Å². The average molecular weight is 133 g/mol. The minimum Gasteiger partial charge on any atom is -0.822 e. The largest absolute Gasteiger partial charge is 0.822 e. The average Bonchev–Trinajstić information content (AvgIpc) is 1.67. The maximum atomic E-state index is 10.5. The fourth-order valence-corrected chi connectivity index (χ4v) is 0.258. The number of hydrogen-bond acceptors (Lipinski definition) is 2. The number of hydrogen-bond donors (Lipinski definition) is 0. The molecule has 0 bridgehead atoms. The molecule has 0 radical (unpaired) electrons. The Morgan fingerprint density at radius 1 is 1.62 bits per heavy atom. The van der Waals surface area contributed by atoms with Crippen molar-refractivity contribution in [1.82, 2.24) is 0 Å². The van der Waals surface area contributed by atoms with Gasteiger partial charge in [0.25, 0.3) is 0 Å². The van der Waals surface area contributed by atoms with Crippen LogP contribution in [0.4, 0.5) is 0 Å². The molecule has 0 heterocycles. The second-order valence-corrected chi connectivity index (χ2v) is 2.62. The van der Waals surface area contributed by atoms with Gasteiger partial charge in [-0.15, -0.1) is 0 Å². The van der Waals surface area contributed by atoms with Crippen LogP contribution in [0.5, 0.6) is 0 Å². The van der Waals surface area contributed by atoms with Crippen molar-refractivity contribution in [3.8, 4) is 0 Å². The Hall–Kier alpha value is -0.150. The Morgan fingerprint density at radius 3 is 2.00 bits per heavy atom. The van der Waals surface area contributed by atoms with Crippen LogP contribution in [0, 0.1) is 0 Å². The van der Waals surface area contributed by atoms with Crippen molar-refractivity contribution in [2.75, 3.05) is 20.6 Å². The molecular weight excluding hydrogens is 122 g/mol. The lowest BCUT2D eigenvalue weighted by Gasteiger charge is -2.30. The van der Waals surface area contributed by atoms with E-state index in [0.717, 1.165) is 6.54 Å². The Labute approximate surface area is 55.3 Å². The molecule has 0 aromatic carbocycles. The summed E-state index contributed by atoms with van der Waals surface area (Å²) in [6.45, 7) is 2.70. The van der Waals surface area contributed by atoms with Crippen molar-refractivity contribution in [1.29, 1.82) is 0 Å². The fraction of sp³-hybridized carbons (Fsp3) is 0.800. The van der Waals surface area contributed by atoms with Gasteiger partial charge in [0.1, 0.15) is 5.17 Å². The van der Waals surface area contributed by atoms with Crippen molar-refractivity contribution in [2.24, 2.45) is 0 Å². The molecule has 48 valence electrons. The number of quaternary nitrogens is 1. The van der Waals surface area contributed by atoms with Crippen LogP contribution in [0.2, 0.25) is 0 Å². The van der Waals surface area contributed by atoms with Gasteiger partial charge >= 0.3 is 0 Å². The van der Waals surface area contributed by atoms with Crippen molar-refractivity contribution in [3.63, 3.8) is 0 Å². The van der Waals surface area contributed by atoms with Gasteiger partial charge in [0.15, 0.2) is 0 Å². The molecule has 0 saturated carbocycles. The summed E-state index contributed by atoms with van der Waals surface area (Å²) >= 11 is 4.45. The van der Waals surface area contributed by atoms with E-state index in [1.165, 1.54) is 0 Å². The Kier molecular flexibility index (Phi) is 2.37. The van der Waals surface area contributed by atoms with Gasteiger partial charge in [0.05, 0.1) is 20.6 Å². The summed E-state index contributed by atoms with van der Waals surface area (Å²) < 4.78 is 0.301. The summed E-state index contributed by atoms with van der Waals surface area (Å²) in [5, 5.41) is 10.3. The third-order valence-corrected chi connectivity index (χ3v) is 1.78. The van der Waals surface area contributed by atoms with Crippen LogP contribution >= 0.6 is 12.2 Å². The summed E-state index contributed by atoms with van der Waals surface area (Å²) in [6.07, 6.45) is 0. The van der Waals surface area contributed by atoms with Gasteiger partial charge in [0, 0.05) is 0 Å². The fourth-order valence-electron chi connectivity index (χ4n) is 0.129. The molecule has 3 heteroatoms. The van der Waals surface area contributed by atoms with E-state index in [1.807, 2.05) is 6.92 Å². The van der Waals surface area contributed by atoms with Gasteiger partial charge in [-0.05, 0) is 19.1 Å². The second kappa shape index (κ2) is 2.42. The zero-order valence-electron chi connectivity index (χ0n) is 5.47. The highest BCUT2D eigenvalue weighted by Gasteiger charge is 2.09. The first-order chi connectivity index (χ1) is 3.50. The van der Waals surface area contributed by atoms with E-state index in [0.29, 0.717) is 4.48 Å². The molecule has 0 unspecified atom stereocenters. The van der Waals surface area contributed by atoms with Crippen molar-refractivity contribution in [3.05, 3.63) is 0 Å². The molecule has 0 aliphatic carbocycles. The molecule has 0 saturated heterocycles. The molecule has 0 rings (SSSR count). The summed E-state index contributed by atoms with van der Waals surface area (Å²) in [7, 11) is 3.60. The predicted molar refractivity (Wildman–Crippen MR) is 35.2 cm³/mol. The van der Waals surface area contributed by atoms with Crippen LogP contribution in [-0.2, 0) is 0 Å². The SMILES string of the molecule is CC[N+](C)(C)C([O-])=S. The predicted octanol–water partition coefficient (Wildman–Crippen LogP) is -0.272. The molecular formula is C5H11NOS. The van der Waals surface area contributed by atoms with Gasteiger partial charge in [0.2, 0.25) is 0 Å². The van der Waals surface area contributed by atoms with E-state index in [9.17, 15) is 5.11 Å². The van der Waals surface area contributed by atoms with Crippen LogP contribution in [0.1, 0.15) is 6.92 Å². The van der Waals surface area contributed by atoms with E-state index < -0.39 is 0 Å². The number of nitrogens with zero attached hydrogens (tertiary/aromatic N) is 1. The lowest BCUT2D eigenvalue weighted by Crippen LogP contribution is -2.50. The Balaban J connectivity index is 3.91. The third kappa shape index (κ3) is 1.76. The summed E-state index contributed by atoms with van der Waals surface area (Å²) in [5.41, 5.74) is 0. The highest BCUT2D eigenvalue weighted by atomic mass is 32.1. The first-order valence-electron chi connectivity index (χ1n) is 2.55. The van der Waals surface area contributed by atoms with E-state index in [2.05, 4.69) is 12.2 Å². The molecule has 0 aliphatic heterocycles. The summed E-state index contributed by atoms with van der Waals surface area (Å²) in [4.78, 5) is 0. The van der Waals surface area contributed by atoms with Crippen LogP contribution in [0.15, 0.2) is 0 Å². The first kappa shape index (κ1) is 7.85. The van der Waals surface area contributed by atoms with Crippen molar-refractivity contribution >= 4 is 17.4 Å². The maximum absolute atomic E-state index is 10.5. The Bertz CT molecular complexity index is 101. The summed E-state index contributed by atoms with van der Waals surface area (Å²) in [6, 6.07) is 0. The molecule has 0 spiro atoms. The van der Waals surface area contributed by atoms with E-state index in [4.69, 9.17) is 0 Å². The standard InChI is InChI=1S/C5H11NOS/c1-4-6(2,3)5(7)8/h4H2,1-3H3. The van der Waals surface area contributed by atoms with Gasteiger partial charge in [-0.3, -0.25) is 4.48 Å². The molecule has 2 nitrogen and oxygen atoms in total. The van der Waals surface area contributed by atoms with Crippen LogP contribution in [0.3, 0.4) is 0 Å². The van der Waals surface area contributed by atoms with E-state index in [-0.39, 0.29) is 5.17 Å². The van der Waals surface area contributed by atoms with Crippen LogP contribution < -0.4 is 5.11 Å². The monoisotopic (exact) mass is 133 g/mol.